The van der Waals surface area contributed by atoms with E-state index < -0.39 is 17.9 Å². The number of nitrogens with two attached hydrogens (primary N) is 2. The largest absolute Gasteiger partial charge is 0.372 e. The van der Waals surface area contributed by atoms with Gasteiger partial charge in [0, 0.05) is 0 Å². The third-order valence-corrected chi connectivity index (χ3v) is 4.10. The summed E-state index contributed by atoms with van der Waals surface area (Å²) < 4.78 is 4.17. The Morgan fingerprint density at radius 1 is 1.25 bits per heavy atom. The van der Waals surface area contributed by atoms with Gasteiger partial charge in [0.05, 0.1) is 23.3 Å². The summed E-state index contributed by atoms with van der Waals surface area (Å²) in [4.78, 5) is 27.2. The molecule has 0 aliphatic carbocycles. The van der Waals surface area contributed by atoms with E-state index in [9.17, 15) is 9.59 Å². The average molecular weight is 348 g/mol. The van der Waals surface area contributed by atoms with Crippen molar-refractivity contribution in [3.8, 4) is 0 Å². The van der Waals surface area contributed by atoms with Crippen molar-refractivity contribution in [3.05, 3.63) is 29.7 Å². The van der Waals surface area contributed by atoms with Crippen LogP contribution in [0.1, 0.15) is 30.0 Å². The van der Waals surface area contributed by atoms with Crippen molar-refractivity contribution in [1.82, 2.24) is 9.36 Å². The van der Waals surface area contributed by atoms with Gasteiger partial charge in [0.1, 0.15) is 11.0 Å². The highest BCUT2D eigenvalue weighted by molar-refractivity contribution is 7.10. The number of pyridine rings is 1. The molecule has 0 radical (unpaired) electrons. The molecule has 0 aromatic carbocycles. The molecule has 2 amide bonds. The zero-order valence-corrected chi connectivity index (χ0v) is 14.5. The molecule has 0 bridgehead atoms. The first-order chi connectivity index (χ1) is 11.3. The first kappa shape index (κ1) is 17.7. The molecular formula is C15H20N6O2S. The highest BCUT2D eigenvalue weighted by atomic mass is 32.1. The Bertz CT molecular complexity index is 758. The topological polar surface area (TPSA) is 136 Å². The molecule has 0 aliphatic heterocycles. The van der Waals surface area contributed by atoms with E-state index in [1.165, 1.54) is 17.7 Å². The molecule has 2 heterocycles. The lowest BCUT2D eigenvalue weighted by molar-refractivity contribution is -0.119. The summed E-state index contributed by atoms with van der Waals surface area (Å²) in [5.74, 6) is -1.11. The van der Waals surface area contributed by atoms with Crippen LogP contribution in [0.25, 0.3) is 0 Å². The van der Waals surface area contributed by atoms with Crippen LogP contribution in [-0.4, -0.2) is 27.2 Å². The van der Waals surface area contributed by atoms with Crippen LogP contribution in [0.3, 0.4) is 0 Å². The second-order valence-electron chi connectivity index (χ2n) is 5.71. The van der Waals surface area contributed by atoms with Gasteiger partial charge in [-0.2, -0.15) is 4.37 Å². The third-order valence-electron chi connectivity index (χ3n) is 3.30. The van der Waals surface area contributed by atoms with Crippen LogP contribution < -0.4 is 22.1 Å². The number of rotatable bonds is 7. The Morgan fingerprint density at radius 3 is 2.46 bits per heavy atom. The maximum atomic E-state index is 11.6. The molecular weight excluding hydrogens is 328 g/mol. The second kappa shape index (κ2) is 7.26. The Morgan fingerprint density at radius 2 is 1.96 bits per heavy atom. The summed E-state index contributed by atoms with van der Waals surface area (Å²) >= 11 is 1.26. The van der Waals surface area contributed by atoms with Crippen molar-refractivity contribution < 1.29 is 9.59 Å². The van der Waals surface area contributed by atoms with E-state index in [0.717, 1.165) is 10.7 Å². The minimum Gasteiger partial charge on any atom is -0.372 e. The molecule has 0 saturated carbocycles. The van der Waals surface area contributed by atoms with E-state index in [0.29, 0.717) is 11.4 Å². The molecule has 0 saturated heterocycles. The predicted molar refractivity (Wildman–Crippen MR) is 94.3 cm³/mol. The van der Waals surface area contributed by atoms with Crippen LogP contribution >= 0.6 is 11.5 Å². The van der Waals surface area contributed by atoms with Crippen LogP contribution in [0.15, 0.2) is 18.3 Å². The van der Waals surface area contributed by atoms with Gasteiger partial charge in [-0.3, -0.25) is 9.59 Å². The SMILES string of the molecule is Cc1cc(Nc2cc(N[C@@H](C(N)=O)C(C)C)cnc2C(N)=O)sn1. The fourth-order valence-corrected chi connectivity index (χ4v) is 2.81. The number of hydrogen-bond acceptors (Lipinski definition) is 7. The van der Waals surface area contributed by atoms with Crippen LogP contribution in [0.2, 0.25) is 0 Å². The highest BCUT2D eigenvalue weighted by Gasteiger charge is 2.20. The van der Waals surface area contributed by atoms with Crippen LogP contribution in [0.5, 0.6) is 0 Å². The fourth-order valence-electron chi connectivity index (χ4n) is 2.14. The van der Waals surface area contributed by atoms with Crippen molar-refractivity contribution in [3.63, 3.8) is 0 Å². The predicted octanol–water partition coefficient (Wildman–Crippen LogP) is 1.61. The summed E-state index contributed by atoms with van der Waals surface area (Å²) in [6.45, 7) is 5.63. The molecule has 24 heavy (non-hydrogen) atoms. The lowest BCUT2D eigenvalue weighted by atomic mass is 10.0. The number of nitrogens with zero attached hydrogens (tertiary/aromatic N) is 2. The number of nitrogens with one attached hydrogen (secondary N) is 2. The molecule has 8 nitrogen and oxygen atoms in total. The van der Waals surface area contributed by atoms with Gasteiger partial charge >= 0.3 is 0 Å². The molecule has 128 valence electrons. The van der Waals surface area contributed by atoms with E-state index in [-0.39, 0.29) is 11.6 Å². The Balaban J connectivity index is 2.33. The second-order valence-corrected chi connectivity index (χ2v) is 6.52. The van der Waals surface area contributed by atoms with E-state index in [1.807, 2.05) is 26.8 Å². The maximum Gasteiger partial charge on any atom is 0.269 e. The summed E-state index contributed by atoms with van der Waals surface area (Å²) in [7, 11) is 0. The first-order valence-electron chi connectivity index (χ1n) is 7.34. The monoisotopic (exact) mass is 348 g/mol. The van der Waals surface area contributed by atoms with Gasteiger partial charge in [0.25, 0.3) is 5.91 Å². The van der Waals surface area contributed by atoms with Gasteiger partial charge in [-0.15, -0.1) is 0 Å². The smallest absolute Gasteiger partial charge is 0.269 e. The number of hydrogen-bond donors (Lipinski definition) is 4. The van der Waals surface area contributed by atoms with Crippen LogP contribution in [-0.2, 0) is 4.79 Å². The number of amides is 2. The standard InChI is InChI=1S/C15H20N6O2S/c1-7(2)12(14(16)22)19-9-5-10(13(15(17)23)18-6-9)20-11-4-8(3)21-24-11/h4-7,12,19-20H,1-3H3,(H2,16,22)(H2,17,23)/t12-/m1/s1. The fraction of sp³-hybridized carbons (Fsp3) is 0.333. The molecule has 1 atom stereocenters. The number of carbonyl (C=O) groups excluding carboxylic acids is 2. The summed E-state index contributed by atoms with van der Waals surface area (Å²) in [5.41, 5.74) is 12.7. The molecule has 0 aliphatic rings. The zero-order valence-electron chi connectivity index (χ0n) is 13.7. The number of aromatic nitrogens is 2. The molecule has 0 spiro atoms. The molecule has 0 unspecified atom stereocenters. The van der Waals surface area contributed by atoms with E-state index in [1.54, 1.807) is 6.07 Å². The van der Waals surface area contributed by atoms with Crippen molar-refractivity contribution in [2.45, 2.75) is 26.8 Å². The highest BCUT2D eigenvalue weighted by Crippen LogP contribution is 2.26. The van der Waals surface area contributed by atoms with Crippen LogP contribution in [0, 0.1) is 12.8 Å². The maximum absolute atomic E-state index is 11.6. The van der Waals surface area contributed by atoms with Gasteiger partial charge < -0.3 is 22.1 Å². The normalized spacial score (nSPS) is 12.0. The summed E-state index contributed by atoms with van der Waals surface area (Å²) in [5, 5.41) is 6.87. The Kier molecular flexibility index (Phi) is 5.35. The molecule has 2 aromatic rings. The first-order valence-corrected chi connectivity index (χ1v) is 8.11. The quantitative estimate of drug-likeness (QED) is 0.600. The summed E-state index contributed by atoms with van der Waals surface area (Å²) in [6, 6.07) is 2.96. The number of anilines is 3. The van der Waals surface area contributed by atoms with E-state index in [2.05, 4.69) is 20.0 Å². The zero-order chi connectivity index (χ0) is 17.9. The van der Waals surface area contributed by atoms with Crippen LogP contribution in [0.4, 0.5) is 16.4 Å². The molecule has 0 fully saturated rings. The number of primary amides is 2. The lowest BCUT2D eigenvalue weighted by Gasteiger charge is -2.20. The Labute approximate surface area is 143 Å². The molecule has 2 rings (SSSR count). The lowest BCUT2D eigenvalue weighted by Crippen LogP contribution is -2.39. The minimum absolute atomic E-state index is 0.00104. The molecule has 6 N–H and O–H groups in total. The van der Waals surface area contributed by atoms with Gasteiger partial charge in [-0.25, -0.2) is 4.98 Å². The van der Waals surface area contributed by atoms with E-state index in [4.69, 9.17) is 11.5 Å². The number of aryl methyl sites for hydroxylation is 1. The van der Waals surface area contributed by atoms with Gasteiger partial charge in [-0.1, -0.05) is 13.8 Å². The van der Waals surface area contributed by atoms with Gasteiger partial charge in [0.15, 0.2) is 5.69 Å². The van der Waals surface area contributed by atoms with E-state index >= 15 is 0 Å². The van der Waals surface area contributed by atoms with Gasteiger partial charge in [0.2, 0.25) is 5.91 Å². The minimum atomic E-state index is -0.652. The average Bonchev–Trinajstić information content (AvgIpc) is 2.89. The van der Waals surface area contributed by atoms with Crippen molar-refractivity contribution in [2.24, 2.45) is 17.4 Å². The van der Waals surface area contributed by atoms with Crippen molar-refractivity contribution >= 4 is 39.7 Å². The summed E-state index contributed by atoms with van der Waals surface area (Å²) in [6.07, 6.45) is 1.45. The van der Waals surface area contributed by atoms with Crippen molar-refractivity contribution in [2.75, 3.05) is 10.6 Å². The Hall–Kier alpha value is -2.68. The molecule has 9 heteroatoms. The number of carbonyl (C=O) groups is 2. The third kappa shape index (κ3) is 4.19. The van der Waals surface area contributed by atoms with Gasteiger partial charge in [-0.05, 0) is 36.5 Å². The van der Waals surface area contributed by atoms with Crippen molar-refractivity contribution in [1.29, 1.82) is 0 Å². The molecule has 2 aromatic heterocycles.